The van der Waals surface area contributed by atoms with Gasteiger partial charge in [0.05, 0.1) is 0 Å². The third-order valence-corrected chi connectivity index (χ3v) is 7.00. The molecule has 0 aromatic carbocycles. The zero-order valence-corrected chi connectivity index (χ0v) is 9.29. The van der Waals surface area contributed by atoms with Gasteiger partial charge in [0.1, 0.15) is 8.96 Å². The average Bonchev–Trinajstić information content (AvgIpc) is 2.53. The second-order valence-corrected chi connectivity index (χ2v) is 7.14. The van der Waals surface area contributed by atoms with Gasteiger partial charge < -0.3 is 4.57 Å². The van der Waals surface area contributed by atoms with Gasteiger partial charge >= 0.3 is 0 Å². The van der Waals surface area contributed by atoms with Crippen LogP contribution in [0, 0.1) is 0 Å². The molecular weight excluding hydrogens is 150 g/mol. The molecule has 0 spiro atoms. The van der Waals surface area contributed by atoms with Crippen molar-refractivity contribution in [1.82, 2.24) is 4.57 Å². The first-order valence-electron chi connectivity index (χ1n) is 4.97. The molecule has 0 radical (unpaired) electrons. The third-order valence-electron chi connectivity index (χ3n) is 3.19. The summed E-state index contributed by atoms with van der Waals surface area (Å²) in [6, 6.07) is 3.98. The summed E-state index contributed by atoms with van der Waals surface area (Å²) in [6.45, 7) is 4.66. The normalized spacial score (nSPS) is 22.9. The van der Waals surface area contributed by atoms with E-state index in [0.29, 0.717) is 0 Å². The first-order valence-corrected chi connectivity index (χ1v) is 7.12. The minimum absolute atomic E-state index is 0.417. The molecule has 0 N–H and O–H groups in total. The Morgan fingerprint density at radius 3 is 2.36 bits per heavy atom. The lowest BCUT2D eigenvalue weighted by molar-refractivity contribution is 0.392. The highest BCUT2D eigenvalue weighted by atomic mass is 28.3. The minimum atomic E-state index is -0.417. The van der Waals surface area contributed by atoms with E-state index in [1.165, 1.54) is 19.3 Å². The van der Waals surface area contributed by atoms with Crippen LogP contribution in [0.3, 0.4) is 0 Å². The molecule has 0 bridgehead atoms. The van der Waals surface area contributed by atoms with Crippen molar-refractivity contribution in [3.63, 3.8) is 0 Å². The molecule has 1 saturated heterocycles. The molecule has 66 valence electrons. The van der Waals surface area contributed by atoms with E-state index in [9.17, 15) is 0 Å². The van der Waals surface area contributed by atoms with Crippen LogP contribution < -0.4 is 0 Å². The molecule has 0 saturated carbocycles. The molecule has 1 fully saturated rings. The molecule has 1 nitrogen and oxygen atoms in total. The molecule has 0 aliphatic carbocycles. The van der Waals surface area contributed by atoms with Crippen molar-refractivity contribution in [2.45, 2.75) is 51.2 Å². The van der Waals surface area contributed by atoms with Gasteiger partial charge in [-0.25, -0.2) is 0 Å². The lowest BCUT2D eigenvalue weighted by Crippen LogP contribution is -2.39. The zero-order chi connectivity index (χ0) is 8.27. The van der Waals surface area contributed by atoms with Crippen LogP contribution in [0.4, 0.5) is 0 Å². The van der Waals surface area contributed by atoms with Crippen molar-refractivity contribution < 1.29 is 0 Å². The van der Waals surface area contributed by atoms with E-state index in [0.717, 1.165) is 6.04 Å². The van der Waals surface area contributed by atoms with E-state index in [-0.39, 0.29) is 0 Å². The SMILES string of the molecule is CCC(C)N(C)[SiH]1CCCC1. The van der Waals surface area contributed by atoms with Crippen molar-refractivity contribution in [3.8, 4) is 0 Å². The van der Waals surface area contributed by atoms with Crippen LogP contribution in [0.15, 0.2) is 0 Å². The molecule has 2 heteroatoms. The highest BCUT2D eigenvalue weighted by molar-refractivity contribution is 6.56. The summed E-state index contributed by atoms with van der Waals surface area (Å²) in [4.78, 5) is 0. The predicted octanol–water partition coefficient (Wildman–Crippen LogP) is 2.23. The molecule has 1 aliphatic rings. The van der Waals surface area contributed by atoms with Gasteiger partial charge in [-0.2, -0.15) is 0 Å². The fourth-order valence-corrected chi connectivity index (χ4v) is 5.51. The topological polar surface area (TPSA) is 3.24 Å². The largest absolute Gasteiger partial charge is 0.326 e. The molecule has 1 atom stereocenters. The molecule has 0 aromatic rings. The Labute approximate surface area is 72.5 Å². The molecule has 1 rings (SSSR count). The van der Waals surface area contributed by atoms with Gasteiger partial charge in [0.15, 0.2) is 0 Å². The zero-order valence-electron chi connectivity index (χ0n) is 8.14. The van der Waals surface area contributed by atoms with Gasteiger partial charge in [-0.15, -0.1) is 0 Å². The summed E-state index contributed by atoms with van der Waals surface area (Å²) in [5.41, 5.74) is 0. The highest BCUT2D eigenvalue weighted by Crippen LogP contribution is 2.22. The second-order valence-electron chi connectivity index (χ2n) is 3.86. The number of hydrogen-bond donors (Lipinski definition) is 0. The van der Waals surface area contributed by atoms with Crippen LogP contribution in [-0.2, 0) is 0 Å². The average molecular weight is 171 g/mol. The van der Waals surface area contributed by atoms with Crippen LogP contribution >= 0.6 is 0 Å². The molecule has 0 amide bonds. The maximum absolute atomic E-state index is 2.70. The Morgan fingerprint density at radius 1 is 1.36 bits per heavy atom. The van der Waals surface area contributed by atoms with Crippen molar-refractivity contribution >= 4 is 8.96 Å². The summed E-state index contributed by atoms with van der Waals surface area (Å²) in [5.74, 6) is 0. The lowest BCUT2D eigenvalue weighted by atomic mass is 10.3. The maximum atomic E-state index is 2.70. The van der Waals surface area contributed by atoms with Crippen LogP contribution in [0.2, 0.25) is 12.1 Å². The van der Waals surface area contributed by atoms with E-state index in [4.69, 9.17) is 0 Å². The summed E-state index contributed by atoms with van der Waals surface area (Å²) in [7, 11) is 1.93. The van der Waals surface area contributed by atoms with Crippen LogP contribution in [-0.4, -0.2) is 26.6 Å². The third kappa shape index (κ3) is 2.31. The summed E-state index contributed by atoms with van der Waals surface area (Å²) < 4.78 is 2.70. The Balaban J connectivity index is 2.32. The molecule has 1 heterocycles. The summed E-state index contributed by atoms with van der Waals surface area (Å²) >= 11 is 0. The van der Waals surface area contributed by atoms with Crippen molar-refractivity contribution in [2.24, 2.45) is 0 Å². The van der Waals surface area contributed by atoms with Crippen LogP contribution in [0.1, 0.15) is 33.1 Å². The summed E-state index contributed by atoms with van der Waals surface area (Å²) in [5, 5.41) is 0. The van der Waals surface area contributed by atoms with E-state index in [1.54, 1.807) is 12.1 Å². The van der Waals surface area contributed by atoms with E-state index in [2.05, 4.69) is 25.5 Å². The number of hydrogen-bond acceptors (Lipinski definition) is 1. The Bertz CT molecular complexity index is 110. The van der Waals surface area contributed by atoms with Crippen molar-refractivity contribution in [2.75, 3.05) is 7.05 Å². The number of nitrogens with zero attached hydrogens (tertiary/aromatic N) is 1. The van der Waals surface area contributed by atoms with Gasteiger partial charge in [0.2, 0.25) is 0 Å². The smallest absolute Gasteiger partial charge is 0.111 e. The molecule has 11 heavy (non-hydrogen) atoms. The fourth-order valence-electron chi connectivity index (χ4n) is 1.96. The van der Waals surface area contributed by atoms with Gasteiger partial charge in [-0.1, -0.05) is 26.7 Å². The second kappa shape index (κ2) is 4.26. The van der Waals surface area contributed by atoms with Crippen molar-refractivity contribution in [1.29, 1.82) is 0 Å². The fraction of sp³-hybridized carbons (Fsp3) is 1.00. The Kier molecular flexibility index (Phi) is 3.59. The molecule has 1 unspecified atom stereocenters. The monoisotopic (exact) mass is 171 g/mol. The van der Waals surface area contributed by atoms with E-state index < -0.39 is 8.96 Å². The highest BCUT2D eigenvalue weighted by Gasteiger charge is 2.23. The van der Waals surface area contributed by atoms with Gasteiger partial charge in [0.25, 0.3) is 0 Å². The van der Waals surface area contributed by atoms with E-state index in [1.807, 2.05) is 0 Å². The Hall–Kier alpha value is 0.177. The summed E-state index contributed by atoms with van der Waals surface area (Å²) in [6.07, 6.45) is 4.34. The number of rotatable bonds is 3. The van der Waals surface area contributed by atoms with E-state index >= 15 is 0 Å². The van der Waals surface area contributed by atoms with Crippen LogP contribution in [0.5, 0.6) is 0 Å². The van der Waals surface area contributed by atoms with Crippen molar-refractivity contribution in [3.05, 3.63) is 0 Å². The lowest BCUT2D eigenvalue weighted by Gasteiger charge is -2.28. The maximum Gasteiger partial charge on any atom is 0.111 e. The van der Waals surface area contributed by atoms with Gasteiger partial charge in [0, 0.05) is 0 Å². The molecule has 0 aromatic heterocycles. The van der Waals surface area contributed by atoms with Crippen LogP contribution in [0.25, 0.3) is 0 Å². The molecular formula is C9H21NSi. The first-order chi connectivity index (χ1) is 5.25. The quantitative estimate of drug-likeness (QED) is 0.589. The minimum Gasteiger partial charge on any atom is -0.326 e. The van der Waals surface area contributed by atoms with Gasteiger partial charge in [-0.3, -0.25) is 0 Å². The predicted molar refractivity (Wildman–Crippen MR) is 53.5 cm³/mol. The van der Waals surface area contributed by atoms with Gasteiger partial charge in [-0.05, 0) is 31.6 Å². The Morgan fingerprint density at radius 2 is 1.91 bits per heavy atom. The first kappa shape index (κ1) is 9.27. The molecule has 1 aliphatic heterocycles. The standard InChI is InChI=1S/C9H21NSi/c1-4-9(2)10(3)11-7-5-6-8-11/h9,11H,4-8H2,1-3H3.